The minimum atomic E-state index is -3.36. The van der Waals surface area contributed by atoms with Crippen molar-refractivity contribution in [3.05, 3.63) is 71.8 Å². The van der Waals surface area contributed by atoms with Gasteiger partial charge in [0.1, 0.15) is 0 Å². The number of hydrogen-bond acceptors (Lipinski definition) is 3. The summed E-state index contributed by atoms with van der Waals surface area (Å²) in [6, 6.07) is 21.2. The van der Waals surface area contributed by atoms with Crippen LogP contribution in [0.15, 0.2) is 60.7 Å². The molecule has 5 nitrogen and oxygen atoms in total. The van der Waals surface area contributed by atoms with Crippen LogP contribution in [-0.2, 0) is 10.2 Å². The first kappa shape index (κ1) is 20.5. The van der Waals surface area contributed by atoms with E-state index in [1.54, 1.807) is 8.61 Å². The Balaban J connectivity index is 1.50. The lowest BCUT2D eigenvalue weighted by atomic mass is 9.96. The van der Waals surface area contributed by atoms with Crippen LogP contribution in [0.2, 0.25) is 0 Å². The van der Waals surface area contributed by atoms with Gasteiger partial charge in [0.2, 0.25) is 0 Å². The molecule has 2 aromatic carbocycles. The Hall–Kier alpha value is -1.73. The zero-order chi connectivity index (χ0) is 20.3. The van der Waals surface area contributed by atoms with Crippen molar-refractivity contribution in [2.75, 3.05) is 39.3 Å². The molecule has 2 saturated heterocycles. The lowest BCUT2D eigenvalue weighted by Gasteiger charge is -2.41. The third-order valence-electron chi connectivity index (χ3n) is 6.14. The first-order valence-electron chi connectivity index (χ1n) is 10.6. The van der Waals surface area contributed by atoms with Gasteiger partial charge in [-0.1, -0.05) is 67.6 Å². The molecule has 0 aliphatic carbocycles. The Morgan fingerprint density at radius 2 is 1.34 bits per heavy atom. The molecule has 0 unspecified atom stereocenters. The second-order valence-corrected chi connectivity index (χ2v) is 10.2. The van der Waals surface area contributed by atoms with E-state index in [1.165, 1.54) is 11.1 Å². The molecule has 2 aliphatic rings. The Morgan fingerprint density at radius 1 is 0.793 bits per heavy atom. The zero-order valence-electron chi connectivity index (χ0n) is 17.2. The van der Waals surface area contributed by atoms with Crippen molar-refractivity contribution < 1.29 is 8.42 Å². The second kappa shape index (κ2) is 8.96. The molecule has 2 heterocycles. The third-order valence-corrected chi connectivity index (χ3v) is 8.14. The Kier molecular flexibility index (Phi) is 6.35. The van der Waals surface area contributed by atoms with E-state index in [9.17, 15) is 8.42 Å². The SMILES string of the molecule is C[C@H]1CCCN(S(=O)(=O)N2CCN(C(c3ccccc3)c3ccccc3)CC2)C1. The summed E-state index contributed by atoms with van der Waals surface area (Å²) in [6.45, 7) is 6.01. The number of piperazine rings is 1. The molecule has 2 aliphatic heterocycles. The molecule has 2 aromatic rings. The van der Waals surface area contributed by atoms with Crippen LogP contribution in [0, 0.1) is 5.92 Å². The van der Waals surface area contributed by atoms with E-state index < -0.39 is 10.2 Å². The van der Waals surface area contributed by atoms with Gasteiger partial charge in [0.15, 0.2) is 0 Å². The van der Waals surface area contributed by atoms with Gasteiger partial charge in [0.25, 0.3) is 10.2 Å². The predicted molar refractivity (Wildman–Crippen MR) is 117 cm³/mol. The normalized spacial score (nSPS) is 22.8. The lowest BCUT2D eigenvalue weighted by Crippen LogP contribution is -2.55. The minimum Gasteiger partial charge on any atom is -0.290 e. The molecule has 0 N–H and O–H groups in total. The highest BCUT2D eigenvalue weighted by Gasteiger charge is 2.36. The molecule has 0 bridgehead atoms. The molecule has 0 amide bonds. The molecule has 0 aromatic heterocycles. The van der Waals surface area contributed by atoms with Gasteiger partial charge in [-0.15, -0.1) is 0 Å². The molecular weight excluding hydrogens is 382 g/mol. The van der Waals surface area contributed by atoms with Crippen LogP contribution in [0.3, 0.4) is 0 Å². The minimum absolute atomic E-state index is 0.150. The highest BCUT2D eigenvalue weighted by Crippen LogP contribution is 2.30. The maximum Gasteiger partial charge on any atom is 0.282 e. The van der Waals surface area contributed by atoms with Crippen LogP contribution in [-0.4, -0.2) is 61.2 Å². The smallest absolute Gasteiger partial charge is 0.282 e. The molecule has 0 radical (unpaired) electrons. The van der Waals surface area contributed by atoms with E-state index in [0.29, 0.717) is 32.1 Å². The molecule has 0 saturated carbocycles. The standard InChI is InChI=1S/C23H31N3O2S/c1-20-9-8-14-26(19-20)29(27,28)25-17-15-24(16-18-25)23(21-10-4-2-5-11-21)22-12-6-3-7-13-22/h2-7,10-13,20,23H,8-9,14-19H2,1H3/t20-/m0/s1. The van der Waals surface area contributed by atoms with Crippen molar-refractivity contribution in [2.45, 2.75) is 25.8 Å². The van der Waals surface area contributed by atoms with Gasteiger partial charge >= 0.3 is 0 Å². The van der Waals surface area contributed by atoms with Crippen molar-refractivity contribution >= 4 is 10.2 Å². The van der Waals surface area contributed by atoms with E-state index in [1.807, 2.05) is 12.1 Å². The highest BCUT2D eigenvalue weighted by molar-refractivity contribution is 7.86. The molecular formula is C23H31N3O2S. The average molecular weight is 414 g/mol. The van der Waals surface area contributed by atoms with E-state index >= 15 is 0 Å². The summed E-state index contributed by atoms with van der Waals surface area (Å²) in [7, 11) is -3.36. The van der Waals surface area contributed by atoms with Gasteiger partial charge in [-0.25, -0.2) is 0 Å². The lowest BCUT2D eigenvalue weighted by molar-refractivity contribution is 0.147. The van der Waals surface area contributed by atoms with Crippen molar-refractivity contribution in [3.63, 3.8) is 0 Å². The summed E-state index contributed by atoms with van der Waals surface area (Å²) >= 11 is 0. The number of benzene rings is 2. The second-order valence-electron chi connectivity index (χ2n) is 8.27. The number of piperidine rings is 1. The molecule has 156 valence electrons. The molecule has 4 rings (SSSR count). The topological polar surface area (TPSA) is 43.9 Å². The van der Waals surface area contributed by atoms with Crippen LogP contribution in [0.1, 0.15) is 36.9 Å². The highest BCUT2D eigenvalue weighted by atomic mass is 32.2. The van der Waals surface area contributed by atoms with Gasteiger partial charge in [0.05, 0.1) is 6.04 Å². The van der Waals surface area contributed by atoms with Crippen LogP contribution in [0.25, 0.3) is 0 Å². The van der Waals surface area contributed by atoms with Crippen molar-refractivity contribution in [1.82, 2.24) is 13.5 Å². The average Bonchev–Trinajstić information content (AvgIpc) is 2.76. The first-order valence-corrected chi connectivity index (χ1v) is 12.0. The van der Waals surface area contributed by atoms with Gasteiger partial charge in [-0.2, -0.15) is 17.0 Å². The molecule has 0 spiro atoms. The van der Waals surface area contributed by atoms with Gasteiger partial charge in [0, 0.05) is 39.3 Å². The maximum atomic E-state index is 13.1. The quantitative estimate of drug-likeness (QED) is 0.755. The van der Waals surface area contributed by atoms with Crippen LogP contribution >= 0.6 is 0 Å². The molecule has 1 atom stereocenters. The number of hydrogen-bond donors (Lipinski definition) is 0. The predicted octanol–water partition coefficient (Wildman–Crippen LogP) is 3.37. The van der Waals surface area contributed by atoms with Gasteiger partial charge < -0.3 is 0 Å². The molecule has 29 heavy (non-hydrogen) atoms. The van der Waals surface area contributed by atoms with Gasteiger partial charge in [-0.3, -0.25) is 4.90 Å². The van der Waals surface area contributed by atoms with E-state index in [4.69, 9.17) is 0 Å². The van der Waals surface area contributed by atoms with Crippen LogP contribution < -0.4 is 0 Å². The summed E-state index contributed by atoms with van der Waals surface area (Å²) in [5, 5.41) is 0. The van der Waals surface area contributed by atoms with Crippen molar-refractivity contribution in [2.24, 2.45) is 5.92 Å². The summed E-state index contributed by atoms with van der Waals surface area (Å²) in [5.41, 5.74) is 2.50. The van der Waals surface area contributed by atoms with Gasteiger partial charge in [-0.05, 0) is 29.9 Å². The third kappa shape index (κ3) is 4.56. The Labute approximate surface area is 175 Å². The largest absolute Gasteiger partial charge is 0.290 e. The Morgan fingerprint density at radius 3 is 1.86 bits per heavy atom. The van der Waals surface area contributed by atoms with Crippen molar-refractivity contribution in [1.29, 1.82) is 0 Å². The summed E-state index contributed by atoms with van der Waals surface area (Å²) < 4.78 is 29.7. The number of nitrogens with zero attached hydrogens (tertiary/aromatic N) is 3. The molecule has 2 fully saturated rings. The fourth-order valence-corrected chi connectivity index (χ4v) is 6.35. The first-order chi connectivity index (χ1) is 14.1. The van der Waals surface area contributed by atoms with Crippen LogP contribution in [0.5, 0.6) is 0 Å². The maximum absolute atomic E-state index is 13.1. The summed E-state index contributed by atoms with van der Waals surface area (Å²) in [4.78, 5) is 2.41. The molecule has 6 heteroatoms. The zero-order valence-corrected chi connectivity index (χ0v) is 18.0. The van der Waals surface area contributed by atoms with E-state index in [-0.39, 0.29) is 6.04 Å². The van der Waals surface area contributed by atoms with Crippen molar-refractivity contribution in [3.8, 4) is 0 Å². The number of rotatable bonds is 5. The fourth-order valence-electron chi connectivity index (χ4n) is 4.60. The monoisotopic (exact) mass is 413 g/mol. The Bertz CT molecular complexity index is 841. The summed E-state index contributed by atoms with van der Waals surface area (Å²) in [5.74, 6) is 0.445. The fraction of sp³-hybridized carbons (Fsp3) is 0.478. The summed E-state index contributed by atoms with van der Waals surface area (Å²) in [6.07, 6.45) is 2.08. The van der Waals surface area contributed by atoms with E-state index in [2.05, 4.69) is 60.4 Å². The van der Waals surface area contributed by atoms with Crippen LogP contribution in [0.4, 0.5) is 0 Å². The van der Waals surface area contributed by atoms with E-state index in [0.717, 1.165) is 25.9 Å².